The van der Waals surface area contributed by atoms with Gasteiger partial charge in [-0.3, -0.25) is 4.79 Å². The number of rotatable bonds is 4. The third-order valence-electron chi connectivity index (χ3n) is 3.64. The molecule has 1 heterocycles. The van der Waals surface area contributed by atoms with E-state index in [0.29, 0.717) is 6.54 Å². The van der Waals surface area contributed by atoms with E-state index in [1.807, 2.05) is 0 Å². The lowest BCUT2D eigenvalue weighted by Gasteiger charge is -2.45. The molecular formula is C11H22N2O. The Balaban J connectivity index is 2.79. The molecular weight excluding hydrogens is 176 g/mol. The third kappa shape index (κ3) is 1.92. The van der Waals surface area contributed by atoms with Gasteiger partial charge in [0.15, 0.2) is 0 Å². The Morgan fingerprint density at radius 2 is 1.86 bits per heavy atom. The first-order chi connectivity index (χ1) is 6.70. The van der Waals surface area contributed by atoms with E-state index >= 15 is 0 Å². The number of carbonyl (C=O) groups excluding carboxylic acids is 1. The number of amides is 1. The molecule has 1 rings (SSSR count). The van der Waals surface area contributed by atoms with Crippen molar-refractivity contribution in [1.82, 2.24) is 10.2 Å². The smallest absolute Gasteiger partial charge is 0.237 e. The highest BCUT2D eigenvalue weighted by atomic mass is 16.2. The van der Waals surface area contributed by atoms with Crippen LogP contribution in [-0.4, -0.2) is 36.0 Å². The molecule has 1 saturated heterocycles. The zero-order chi connectivity index (χ0) is 10.6. The van der Waals surface area contributed by atoms with Gasteiger partial charge in [0.1, 0.15) is 0 Å². The van der Waals surface area contributed by atoms with E-state index in [0.717, 1.165) is 32.4 Å². The van der Waals surface area contributed by atoms with Gasteiger partial charge < -0.3 is 10.2 Å². The minimum absolute atomic E-state index is 0.110. The molecule has 0 aromatic carbocycles. The summed E-state index contributed by atoms with van der Waals surface area (Å²) < 4.78 is 0. The number of hydrogen-bond donors (Lipinski definition) is 1. The molecule has 82 valence electrons. The number of nitrogens with one attached hydrogen (secondary N) is 1. The molecule has 3 nitrogen and oxygen atoms in total. The van der Waals surface area contributed by atoms with Gasteiger partial charge in [0, 0.05) is 18.6 Å². The van der Waals surface area contributed by atoms with Crippen LogP contribution in [0.4, 0.5) is 0 Å². The number of piperazine rings is 1. The topological polar surface area (TPSA) is 32.3 Å². The fraction of sp³-hybridized carbons (Fsp3) is 0.909. The SMILES string of the molecule is CCC(CC)(CC)N1CCNCC1=O. The quantitative estimate of drug-likeness (QED) is 0.740. The first-order valence-electron chi connectivity index (χ1n) is 5.71. The molecule has 0 atom stereocenters. The van der Waals surface area contributed by atoms with Crippen molar-refractivity contribution < 1.29 is 4.79 Å². The van der Waals surface area contributed by atoms with Gasteiger partial charge >= 0.3 is 0 Å². The van der Waals surface area contributed by atoms with Gasteiger partial charge in [-0.15, -0.1) is 0 Å². The maximum Gasteiger partial charge on any atom is 0.237 e. The Bertz CT molecular complexity index is 191. The van der Waals surface area contributed by atoms with Crippen molar-refractivity contribution in [2.24, 2.45) is 0 Å². The van der Waals surface area contributed by atoms with Gasteiger partial charge in [-0.2, -0.15) is 0 Å². The van der Waals surface area contributed by atoms with Gasteiger partial charge in [-0.1, -0.05) is 20.8 Å². The van der Waals surface area contributed by atoms with Gasteiger partial charge in [-0.05, 0) is 19.3 Å². The highest BCUT2D eigenvalue weighted by molar-refractivity contribution is 5.79. The monoisotopic (exact) mass is 198 g/mol. The summed E-state index contributed by atoms with van der Waals surface area (Å²) >= 11 is 0. The van der Waals surface area contributed by atoms with E-state index in [1.54, 1.807) is 0 Å². The maximum absolute atomic E-state index is 11.8. The lowest BCUT2D eigenvalue weighted by atomic mass is 9.87. The second-order valence-corrected chi connectivity index (χ2v) is 4.01. The van der Waals surface area contributed by atoms with Crippen LogP contribution in [0, 0.1) is 0 Å². The minimum Gasteiger partial charge on any atom is -0.335 e. The Kier molecular flexibility index (Phi) is 3.93. The van der Waals surface area contributed by atoms with Crippen molar-refractivity contribution in [2.45, 2.75) is 45.6 Å². The summed E-state index contributed by atoms with van der Waals surface area (Å²) in [6, 6.07) is 0. The van der Waals surface area contributed by atoms with Crippen molar-refractivity contribution in [2.75, 3.05) is 19.6 Å². The maximum atomic E-state index is 11.8. The third-order valence-corrected chi connectivity index (χ3v) is 3.64. The normalized spacial score (nSPS) is 18.8. The van der Waals surface area contributed by atoms with Crippen LogP contribution in [-0.2, 0) is 4.79 Å². The fourth-order valence-electron chi connectivity index (χ4n) is 2.43. The second kappa shape index (κ2) is 4.78. The van der Waals surface area contributed by atoms with Crippen LogP contribution in [0.3, 0.4) is 0 Å². The van der Waals surface area contributed by atoms with Crippen LogP contribution in [0.15, 0.2) is 0 Å². The van der Waals surface area contributed by atoms with Gasteiger partial charge in [-0.25, -0.2) is 0 Å². The van der Waals surface area contributed by atoms with Crippen molar-refractivity contribution in [3.05, 3.63) is 0 Å². The molecule has 0 radical (unpaired) electrons. The van der Waals surface area contributed by atoms with Crippen LogP contribution < -0.4 is 5.32 Å². The first-order valence-corrected chi connectivity index (χ1v) is 5.71. The molecule has 14 heavy (non-hydrogen) atoms. The standard InChI is InChI=1S/C11H22N2O/c1-4-11(5-2,6-3)13-8-7-12-9-10(13)14/h12H,4-9H2,1-3H3. The van der Waals surface area contributed by atoms with Crippen molar-refractivity contribution in [3.8, 4) is 0 Å². The van der Waals surface area contributed by atoms with Crippen LogP contribution >= 0.6 is 0 Å². The molecule has 0 unspecified atom stereocenters. The van der Waals surface area contributed by atoms with Crippen LogP contribution in [0.2, 0.25) is 0 Å². The molecule has 1 N–H and O–H groups in total. The summed E-state index contributed by atoms with van der Waals surface area (Å²) in [5.74, 6) is 0.266. The minimum atomic E-state index is 0.110. The molecule has 0 aliphatic carbocycles. The van der Waals surface area contributed by atoms with Crippen molar-refractivity contribution in [3.63, 3.8) is 0 Å². The van der Waals surface area contributed by atoms with E-state index < -0.39 is 0 Å². The Hall–Kier alpha value is -0.570. The number of carbonyl (C=O) groups is 1. The molecule has 1 amide bonds. The fourth-order valence-corrected chi connectivity index (χ4v) is 2.43. The number of hydrogen-bond acceptors (Lipinski definition) is 2. The molecule has 0 bridgehead atoms. The zero-order valence-corrected chi connectivity index (χ0v) is 9.60. The largest absolute Gasteiger partial charge is 0.335 e. The van der Waals surface area contributed by atoms with E-state index in [2.05, 4.69) is 31.0 Å². The Morgan fingerprint density at radius 3 is 2.29 bits per heavy atom. The first kappa shape index (κ1) is 11.5. The highest BCUT2D eigenvalue weighted by Gasteiger charge is 2.35. The molecule has 0 aromatic rings. The van der Waals surface area contributed by atoms with Crippen LogP contribution in [0.25, 0.3) is 0 Å². The molecule has 1 aliphatic rings. The van der Waals surface area contributed by atoms with E-state index in [1.165, 1.54) is 0 Å². The molecule has 0 saturated carbocycles. The van der Waals surface area contributed by atoms with E-state index in [4.69, 9.17) is 0 Å². The molecule has 0 aromatic heterocycles. The zero-order valence-electron chi connectivity index (χ0n) is 9.60. The van der Waals surface area contributed by atoms with E-state index in [9.17, 15) is 4.79 Å². The summed E-state index contributed by atoms with van der Waals surface area (Å²) in [5.41, 5.74) is 0.110. The Morgan fingerprint density at radius 1 is 1.29 bits per heavy atom. The summed E-state index contributed by atoms with van der Waals surface area (Å²) in [6.07, 6.45) is 3.18. The highest BCUT2D eigenvalue weighted by Crippen LogP contribution is 2.28. The second-order valence-electron chi connectivity index (χ2n) is 4.01. The van der Waals surface area contributed by atoms with Crippen molar-refractivity contribution >= 4 is 5.91 Å². The average Bonchev–Trinajstić information content (AvgIpc) is 2.24. The predicted molar refractivity (Wildman–Crippen MR) is 58.2 cm³/mol. The van der Waals surface area contributed by atoms with Crippen molar-refractivity contribution in [1.29, 1.82) is 0 Å². The summed E-state index contributed by atoms with van der Waals surface area (Å²) in [7, 11) is 0. The molecule has 1 fully saturated rings. The summed E-state index contributed by atoms with van der Waals surface area (Å²) in [6.45, 7) is 8.87. The predicted octanol–water partition coefficient (Wildman–Crippen LogP) is 1.39. The lowest BCUT2D eigenvalue weighted by Crippen LogP contribution is -2.58. The Labute approximate surface area is 86.9 Å². The van der Waals surface area contributed by atoms with Gasteiger partial charge in [0.05, 0.1) is 6.54 Å². The van der Waals surface area contributed by atoms with Gasteiger partial charge in [0.25, 0.3) is 0 Å². The van der Waals surface area contributed by atoms with Crippen LogP contribution in [0.5, 0.6) is 0 Å². The summed E-state index contributed by atoms with van der Waals surface area (Å²) in [4.78, 5) is 13.9. The molecule has 0 spiro atoms. The molecule has 3 heteroatoms. The van der Waals surface area contributed by atoms with E-state index in [-0.39, 0.29) is 11.4 Å². The number of nitrogens with zero attached hydrogens (tertiary/aromatic N) is 1. The molecule has 1 aliphatic heterocycles. The summed E-state index contributed by atoms with van der Waals surface area (Å²) in [5, 5.41) is 3.12. The lowest BCUT2D eigenvalue weighted by molar-refractivity contribution is -0.139. The average molecular weight is 198 g/mol. The van der Waals surface area contributed by atoms with Gasteiger partial charge in [0.2, 0.25) is 5.91 Å². The van der Waals surface area contributed by atoms with Crippen LogP contribution in [0.1, 0.15) is 40.0 Å².